The number of rotatable bonds is 5. The van der Waals surface area contributed by atoms with E-state index in [0.29, 0.717) is 12.3 Å². The Morgan fingerprint density at radius 3 is 3.00 bits per heavy atom. The summed E-state index contributed by atoms with van der Waals surface area (Å²) in [5.74, 6) is 0.342. The summed E-state index contributed by atoms with van der Waals surface area (Å²) in [6, 6.07) is 0. The van der Waals surface area contributed by atoms with Gasteiger partial charge in [0.15, 0.2) is 5.89 Å². The predicted molar refractivity (Wildman–Crippen MR) is 48.0 cm³/mol. The van der Waals surface area contributed by atoms with E-state index in [4.69, 9.17) is 10.2 Å². The Kier molecular flexibility index (Phi) is 3.49. The number of hydrogen-bond donors (Lipinski definition) is 1. The van der Waals surface area contributed by atoms with Gasteiger partial charge in [0, 0.05) is 12.3 Å². The van der Waals surface area contributed by atoms with Crippen molar-refractivity contribution in [3.8, 4) is 0 Å². The molecule has 13 heavy (non-hydrogen) atoms. The van der Waals surface area contributed by atoms with Gasteiger partial charge in [-0.15, -0.1) is 0 Å². The molecule has 1 aromatic rings. The van der Waals surface area contributed by atoms with Gasteiger partial charge in [0.2, 0.25) is 5.91 Å². The van der Waals surface area contributed by atoms with E-state index in [2.05, 4.69) is 11.9 Å². The van der Waals surface area contributed by atoms with Crippen LogP contribution in [-0.4, -0.2) is 10.9 Å². The van der Waals surface area contributed by atoms with E-state index in [1.54, 1.807) is 6.20 Å². The second-order valence-corrected chi connectivity index (χ2v) is 3.03. The maximum absolute atomic E-state index is 10.7. The van der Waals surface area contributed by atoms with Gasteiger partial charge in [0.25, 0.3) is 0 Å². The lowest BCUT2D eigenvalue weighted by Crippen LogP contribution is -2.15. The minimum absolute atomic E-state index is 0.0394. The number of amides is 1. The molecule has 1 aromatic heterocycles. The summed E-state index contributed by atoms with van der Waals surface area (Å²) in [6.07, 6.45) is 5.27. The smallest absolute Gasteiger partial charge is 0.218 e. The van der Waals surface area contributed by atoms with Gasteiger partial charge < -0.3 is 10.2 Å². The van der Waals surface area contributed by atoms with Crippen LogP contribution in [0.3, 0.4) is 0 Å². The molecule has 4 heteroatoms. The molecule has 0 bridgehead atoms. The highest BCUT2D eigenvalue weighted by molar-refractivity contribution is 5.74. The van der Waals surface area contributed by atoms with Crippen molar-refractivity contribution in [3.63, 3.8) is 0 Å². The zero-order valence-electron chi connectivity index (χ0n) is 7.69. The Morgan fingerprint density at radius 1 is 1.77 bits per heavy atom. The van der Waals surface area contributed by atoms with Crippen molar-refractivity contribution < 1.29 is 9.21 Å². The molecule has 1 unspecified atom stereocenters. The SMILES string of the molecule is CCCC(CC(N)=O)c1ncco1. The molecule has 1 rings (SSSR count). The van der Waals surface area contributed by atoms with Crippen molar-refractivity contribution in [1.29, 1.82) is 0 Å². The average molecular weight is 182 g/mol. The van der Waals surface area contributed by atoms with Gasteiger partial charge in [-0.1, -0.05) is 13.3 Å². The first-order valence-corrected chi connectivity index (χ1v) is 4.41. The molecule has 0 aromatic carbocycles. The monoisotopic (exact) mass is 182 g/mol. The van der Waals surface area contributed by atoms with E-state index in [9.17, 15) is 4.79 Å². The number of oxazole rings is 1. The Labute approximate surface area is 77.1 Å². The van der Waals surface area contributed by atoms with Crippen LogP contribution in [0.5, 0.6) is 0 Å². The number of carbonyl (C=O) groups is 1. The third-order valence-electron chi connectivity index (χ3n) is 1.89. The molecule has 0 radical (unpaired) electrons. The zero-order chi connectivity index (χ0) is 9.68. The van der Waals surface area contributed by atoms with Gasteiger partial charge in [0.1, 0.15) is 6.26 Å². The molecule has 72 valence electrons. The first-order valence-electron chi connectivity index (χ1n) is 4.41. The molecule has 1 atom stereocenters. The molecule has 2 N–H and O–H groups in total. The Balaban J connectivity index is 2.62. The maximum atomic E-state index is 10.7. The lowest BCUT2D eigenvalue weighted by Gasteiger charge is -2.08. The highest BCUT2D eigenvalue weighted by Gasteiger charge is 2.17. The van der Waals surface area contributed by atoms with E-state index in [1.165, 1.54) is 6.26 Å². The molecular formula is C9H14N2O2. The molecule has 0 aliphatic rings. The van der Waals surface area contributed by atoms with Gasteiger partial charge in [-0.3, -0.25) is 4.79 Å². The van der Waals surface area contributed by atoms with Gasteiger partial charge in [-0.2, -0.15) is 0 Å². The summed E-state index contributed by atoms with van der Waals surface area (Å²) in [5.41, 5.74) is 5.12. The van der Waals surface area contributed by atoms with Crippen molar-refractivity contribution in [2.75, 3.05) is 0 Å². The van der Waals surface area contributed by atoms with E-state index < -0.39 is 0 Å². The summed E-state index contributed by atoms with van der Waals surface area (Å²) in [4.78, 5) is 14.7. The summed E-state index contributed by atoms with van der Waals surface area (Å²) in [6.45, 7) is 2.05. The zero-order valence-corrected chi connectivity index (χ0v) is 7.69. The molecule has 4 nitrogen and oxygen atoms in total. The Hall–Kier alpha value is -1.32. The van der Waals surface area contributed by atoms with E-state index in [-0.39, 0.29) is 11.8 Å². The molecule has 0 saturated heterocycles. The number of carbonyl (C=O) groups excluding carboxylic acids is 1. The summed E-state index contributed by atoms with van der Waals surface area (Å²) >= 11 is 0. The van der Waals surface area contributed by atoms with Crippen molar-refractivity contribution in [1.82, 2.24) is 4.98 Å². The minimum Gasteiger partial charge on any atom is -0.449 e. The second-order valence-electron chi connectivity index (χ2n) is 3.03. The minimum atomic E-state index is -0.309. The Morgan fingerprint density at radius 2 is 2.54 bits per heavy atom. The average Bonchev–Trinajstić information content (AvgIpc) is 2.54. The molecule has 0 aliphatic carbocycles. The van der Waals surface area contributed by atoms with Crippen molar-refractivity contribution in [2.24, 2.45) is 5.73 Å². The van der Waals surface area contributed by atoms with Crippen LogP contribution in [-0.2, 0) is 4.79 Å². The first kappa shape index (κ1) is 9.77. The number of nitrogens with two attached hydrogens (primary N) is 1. The quantitative estimate of drug-likeness (QED) is 0.748. The molecule has 1 amide bonds. The summed E-state index contributed by atoms with van der Waals surface area (Å²) in [7, 11) is 0. The Bertz CT molecular complexity index is 257. The molecule has 0 spiro atoms. The fraction of sp³-hybridized carbons (Fsp3) is 0.556. The normalized spacial score (nSPS) is 12.7. The third kappa shape index (κ3) is 2.89. The van der Waals surface area contributed by atoms with Crippen LogP contribution in [0.15, 0.2) is 16.9 Å². The van der Waals surface area contributed by atoms with Crippen LogP contribution < -0.4 is 5.73 Å². The molecular weight excluding hydrogens is 168 g/mol. The van der Waals surface area contributed by atoms with E-state index in [0.717, 1.165) is 12.8 Å². The van der Waals surface area contributed by atoms with Crippen molar-refractivity contribution >= 4 is 5.91 Å². The van der Waals surface area contributed by atoms with Crippen molar-refractivity contribution in [3.05, 3.63) is 18.4 Å². The largest absolute Gasteiger partial charge is 0.449 e. The second kappa shape index (κ2) is 4.64. The highest BCUT2D eigenvalue weighted by atomic mass is 16.3. The van der Waals surface area contributed by atoms with Crippen LogP contribution >= 0.6 is 0 Å². The molecule has 0 fully saturated rings. The van der Waals surface area contributed by atoms with Crippen LogP contribution in [0.1, 0.15) is 38.0 Å². The lowest BCUT2D eigenvalue weighted by atomic mass is 9.99. The molecule has 0 aliphatic heterocycles. The van der Waals surface area contributed by atoms with Gasteiger partial charge in [-0.05, 0) is 6.42 Å². The maximum Gasteiger partial charge on any atom is 0.218 e. The van der Waals surface area contributed by atoms with Crippen molar-refractivity contribution in [2.45, 2.75) is 32.1 Å². The number of hydrogen-bond acceptors (Lipinski definition) is 3. The molecule has 1 heterocycles. The molecule has 0 saturated carbocycles. The first-order chi connectivity index (χ1) is 6.24. The highest BCUT2D eigenvalue weighted by Crippen LogP contribution is 2.22. The van der Waals surface area contributed by atoms with Crippen LogP contribution in [0, 0.1) is 0 Å². The van der Waals surface area contributed by atoms with E-state index in [1.807, 2.05) is 0 Å². The predicted octanol–water partition coefficient (Wildman–Crippen LogP) is 1.43. The summed E-state index contributed by atoms with van der Waals surface area (Å²) in [5, 5.41) is 0. The fourth-order valence-electron chi connectivity index (χ4n) is 1.34. The van der Waals surface area contributed by atoms with Crippen LogP contribution in [0.25, 0.3) is 0 Å². The topological polar surface area (TPSA) is 69.1 Å². The van der Waals surface area contributed by atoms with Crippen LogP contribution in [0.2, 0.25) is 0 Å². The fourth-order valence-corrected chi connectivity index (χ4v) is 1.34. The van der Waals surface area contributed by atoms with E-state index >= 15 is 0 Å². The number of primary amides is 1. The standard InChI is InChI=1S/C9H14N2O2/c1-2-3-7(6-8(10)12)9-11-4-5-13-9/h4-5,7H,2-3,6H2,1H3,(H2,10,12). The van der Waals surface area contributed by atoms with Crippen LogP contribution in [0.4, 0.5) is 0 Å². The number of nitrogens with zero attached hydrogens (tertiary/aromatic N) is 1. The number of aromatic nitrogens is 1. The lowest BCUT2D eigenvalue weighted by molar-refractivity contribution is -0.118. The van der Waals surface area contributed by atoms with Gasteiger partial charge in [0.05, 0.1) is 6.20 Å². The summed E-state index contributed by atoms with van der Waals surface area (Å²) < 4.78 is 5.13. The van der Waals surface area contributed by atoms with Gasteiger partial charge in [-0.25, -0.2) is 4.98 Å². The van der Waals surface area contributed by atoms with Gasteiger partial charge >= 0.3 is 0 Å². The third-order valence-corrected chi connectivity index (χ3v) is 1.89.